The van der Waals surface area contributed by atoms with Crippen LogP contribution in [0.25, 0.3) is 6.08 Å². The van der Waals surface area contributed by atoms with E-state index in [1.165, 1.54) is 55.7 Å². The van der Waals surface area contributed by atoms with Crippen LogP contribution < -0.4 is 9.47 Å². The van der Waals surface area contributed by atoms with E-state index in [1.807, 2.05) is 0 Å². The summed E-state index contributed by atoms with van der Waals surface area (Å²) in [6.07, 6.45) is 1.49. The zero-order chi connectivity index (χ0) is 25.1. The number of halogens is 3. The Hall–Kier alpha value is -3.69. The number of hydrogen-bond acceptors (Lipinski definition) is 6. The van der Waals surface area contributed by atoms with Gasteiger partial charge in [0.05, 0.1) is 24.1 Å². The maximum atomic E-state index is 13.9. The summed E-state index contributed by atoms with van der Waals surface area (Å²) in [6.45, 7) is -0.102. The van der Waals surface area contributed by atoms with E-state index in [1.54, 1.807) is 6.07 Å². The minimum atomic E-state index is -0.894. The first-order valence-electron chi connectivity index (χ1n) is 10.1. The third kappa shape index (κ3) is 5.36. The van der Waals surface area contributed by atoms with Gasteiger partial charge in [0, 0.05) is 5.02 Å². The molecule has 35 heavy (non-hydrogen) atoms. The Morgan fingerprint density at radius 2 is 1.83 bits per heavy atom. The maximum Gasteiger partial charge on any atom is 0.346 e. The van der Waals surface area contributed by atoms with Gasteiger partial charge >= 0.3 is 5.97 Å². The summed E-state index contributed by atoms with van der Waals surface area (Å²) >= 11 is 6.77. The molecule has 0 unspecified atom stereocenters. The Balaban J connectivity index is 1.53. The van der Waals surface area contributed by atoms with Crippen molar-refractivity contribution in [2.75, 3.05) is 7.11 Å². The van der Waals surface area contributed by atoms with Crippen LogP contribution in [-0.4, -0.2) is 29.1 Å². The second kappa shape index (κ2) is 10.3. The molecular formula is C25H16ClF2NO5S. The van der Waals surface area contributed by atoms with Gasteiger partial charge < -0.3 is 9.47 Å². The van der Waals surface area contributed by atoms with Gasteiger partial charge in [-0.2, -0.15) is 0 Å². The van der Waals surface area contributed by atoms with Crippen LogP contribution in [0.1, 0.15) is 21.5 Å². The van der Waals surface area contributed by atoms with Crippen molar-refractivity contribution in [3.8, 4) is 11.5 Å². The normalized spacial score (nSPS) is 14.5. The van der Waals surface area contributed by atoms with E-state index in [4.69, 9.17) is 21.1 Å². The molecule has 1 fully saturated rings. The van der Waals surface area contributed by atoms with E-state index in [-0.39, 0.29) is 33.5 Å². The molecule has 0 N–H and O–H groups in total. The Kier molecular flexibility index (Phi) is 7.18. The van der Waals surface area contributed by atoms with Gasteiger partial charge in [-0.05, 0) is 65.4 Å². The second-order valence-corrected chi connectivity index (χ2v) is 8.68. The van der Waals surface area contributed by atoms with Crippen molar-refractivity contribution in [3.05, 3.63) is 98.9 Å². The molecule has 178 valence electrons. The van der Waals surface area contributed by atoms with Crippen molar-refractivity contribution in [2.45, 2.75) is 6.54 Å². The molecular weight excluding hydrogens is 500 g/mol. The number of nitrogens with zero attached hydrogens (tertiary/aromatic N) is 1. The Bertz CT molecular complexity index is 1380. The molecule has 1 aliphatic heterocycles. The number of thioether (sulfide) groups is 1. The fourth-order valence-corrected chi connectivity index (χ4v) is 4.31. The summed E-state index contributed by atoms with van der Waals surface area (Å²) in [5.74, 6) is -2.45. The summed E-state index contributed by atoms with van der Waals surface area (Å²) in [7, 11) is 1.36. The summed E-state index contributed by atoms with van der Waals surface area (Å²) in [5.41, 5.74) is 0.700. The Labute approximate surface area is 208 Å². The largest absolute Gasteiger partial charge is 0.493 e. The maximum absolute atomic E-state index is 13.9. The van der Waals surface area contributed by atoms with E-state index in [0.29, 0.717) is 11.1 Å². The lowest BCUT2D eigenvalue weighted by Gasteiger charge is -2.13. The van der Waals surface area contributed by atoms with Crippen molar-refractivity contribution >= 4 is 46.6 Å². The van der Waals surface area contributed by atoms with Crippen LogP contribution in [0.3, 0.4) is 0 Å². The molecule has 0 saturated carbocycles. The molecule has 3 aromatic carbocycles. The minimum absolute atomic E-state index is 0.0527. The van der Waals surface area contributed by atoms with Gasteiger partial charge in [-0.1, -0.05) is 35.9 Å². The number of carbonyl (C=O) groups is 3. The van der Waals surface area contributed by atoms with Crippen LogP contribution in [0.2, 0.25) is 5.02 Å². The number of imide groups is 1. The highest BCUT2D eigenvalue weighted by Crippen LogP contribution is 2.36. The summed E-state index contributed by atoms with van der Waals surface area (Å²) < 4.78 is 37.7. The first-order valence-corrected chi connectivity index (χ1v) is 11.3. The first kappa shape index (κ1) is 24.4. The third-order valence-electron chi connectivity index (χ3n) is 5.00. The lowest BCUT2D eigenvalue weighted by atomic mass is 10.1. The highest BCUT2D eigenvalue weighted by atomic mass is 35.5. The Morgan fingerprint density at radius 3 is 2.54 bits per heavy atom. The van der Waals surface area contributed by atoms with Crippen LogP contribution in [0.5, 0.6) is 11.5 Å². The predicted octanol–water partition coefficient (Wildman–Crippen LogP) is 6.08. The number of rotatable bonds is 6. The van der Waals surface area contributed by atoms with Crippen molar-refractivity contribution < 1.29 is 32.6 Å². The van der Waals surface area contributed by atoms with Gasteiger partial charge in [0.1, 0.15) is 11.6 Å². The monoisotopic (exact) mass is 515 g/mol. The van der Waals surface area contributed by atoms with Gasteiger partial charge in [0.15, 0.2) is 11.5 Å². The molecule has 10 heteroatoms. The number of benzene rings is 3. The quantitative estimate of drug-likeness (QED) is 0.225. The van der Waals surface area contributed by atoms with Gasteiger partial charge in [-0.25, -0.2) is 13.6 Å². The zero-order valence-electron chi connectivity index (χ0n) is 18.1. The van der Waals surface area contributed by atoms with Crippen LogP contribution in [0.15, 0.2) is 65.6 Å². The topological polar surface area (TPSA) is 72.9 Å². The molecule has 4 rings (SSSR count). The van der Waals surface area contributed by atoms with Crippen LogP contribution in [-0.2, 0) is 11.3 Å². The first-order chi connectivity index (χ1) is 16.8. The molecule has 0 radical (unpaired) electrons. The van der Waals surface area contributed by atoms with E-state index in [2.05, 4.69) is 0 Å². The molecule has 2 amide bonds. The van der Waals surface area contributed by atoms with Crippen LogP contribution >= 0.6 is 23.4 Å². The van der Waals surface area contributed by atoms with Crippen molar-refractivity contribution in [1.82, 2.24) is 4.90 Å². The van der Waals surface area contributed by atoms with Gasteiger partial charge in [0.2, 0.25) is 0 Å². The van der Waals surface area contributed by atoms with Crippen molar-refractivity contribution in [1.29, 1.82) is 0 Å². The van der Waals surface area contributed by atoms with Crippen LogP contribution in [0, 0.1) is 11.6 Å². The fourth-order valence-electron chi connectivity index (χ4n) is 3.25. The summed E-state index contributed by atoms with van der Waals surface area (Å²) in [6, 6.07) is 13.6. The molecule has 1 saturated heterocycles. The molecule has 6 nitrogen and oxygen atoms in total. The highest BCUT2D eigenvalue weighted by Gasteiger charge is 2.35. The summed E-state index contributed by atoms with van der Waals surface area (Å²) in [5, 5.41) is -0.387. The van der Waals surface area contributed by atoms with Gasteiger partial charge in [-0.3, -0.25) is 14.5 Å². The molecule has 0 aliphatic carbocycles. The standard InChI is InChI=1S/C25H16ClF2NO5S/c1-33-21-10-14(6-9-20(21)34-24(31)17-4-2-3-5-19(17)28)11-22-23(30)29(25(32)35-22)13-15-7-8-16(27)12-18(15)26/h2-12H,13H2,1H3/b22-11-. The van der Waals surface area contributed by atoms with Gasteiger partial charge in [-0.15, -0.1) is 0 Å². The average molecular weight is 516 g/mol. The molecule has 0 bridgehead atoms. The predicted molar refractivity (Wildman–Crippen MR) is 127 cm³/mol. The van der Waals surface area contributed by atoms with E-state index < -0.39 is 28.8 Å². The molecule has 0 spiro atoms. The lowest BCUT2D eigenvalue weighted by molar-refractivity contribution is -0.123. The number of ether oxygens (including phenoxy) is 2. The number of hydrogen-bond donors (Lipinski definition) is 0. The van der Waals surface area contributed by atoms with E-state index >= 15 is 0 Å². The molecule has 3 aromatic rings. The second-order valence-electron chi connectivity index (χ2n) is 7.28. The van der Waals surface area contributed by atoms with Crippen LogP contribution in [0.4, 0.5) is 13.6 Å². The van der Waals surface area contributed by atoms with Gasteiger partial charge in [0.25, 0.3) is 11.1 Å². The zero-order valence-corrected chi connectivity index (χ0v) is 19.7. The fraction of sp³-hybridized carbons (Fsp3) is 0.0800. The minimum Gasteiger partial charge on any atom is -0.493 e. The lowest BCUT2D eigenvalue weighted by Crippen LogP contribution is -2.27. The molecule has 0 aromatic heterocycles. The van der Waals surface area contributed by atoms with E-state index in [9.17, 15) is 23.2 Å². The third-order valence-corrected chi connectivity index (χ3v) is 6.26. The summed E-state index contributed by atoms with van der Waals surface area (Å²) in [4.78, 5) is 38.7. The Morgan fingerprint density at radius 1 is 1.06 bits per heavy atom. The number of carbonyl (C=O) groups excluding carboxylic acids is 3. The number of amides is 2. The highest BCUT2D eigenvalue weighted by molar-refractivity contribution is 8.18. The molecule has 1 heterocycles. The average Bonchev–Trinajstić information content (AvgIpc) is 3.09. The molecule has 1 aliphatic rings. The van der Waals surface area contributed by atoms with Crippen molar-refractivity contribution in [2.24, 2.45) is 0 Å². The SMILES string of the molecule is COc1cc(/C=C2\SC(=O)N(Cc3ccc(F)cc3Cl)C2=O)ccc1OC(=O)c1ccccc1F. The van der Waals surface area contributed by atoms with Crippen molar-refractivity contribution in [3.63, 3.8) is 0 Å². The number of methoxy groups -OCH3 is 1. The number of esters is 1. The van der Waals surface area contributed by atoms with E-state index in [0.717, 1.165) is 28.8 Å². The smallest absolute Gasteiger partial charge is 0.346 e. The molecule has 0 atom stereocenters.